The molecule has 0 aromatic carbocycles. The Morgan fingerprint density at radius 3 is 3.26 bits per heavy atom. The topological polar surface area (TPSA) is 47.2 Å². The summed E-state index contributed by atoms with van der Waals surface area (Å²) in [6, 6.07) is 5.95. The molecule has 4 aromatic heterocycles. The standard InChI is InChI=1S/C14H9N4O/c1-2-9-10(16-4-1)7-17-8-13-18(14(9)17)11-6-15-5-3-12(11)19-13/h1-6,8H,7H2/q+1. The van der Waals surface area contributed by atoms with Crippen LogP contribution in [-0.2, 0) is 6.54 Å². The third kappa shape index (κ3) is 1.03. The lowest BCUT2D eigenvalue weighted by atomic mass is 10.2. The van der Waals surface area contributed by atoms with Crippen LogP contribution < -0.4 is 4.57 Å². The molecule has 0 saturated carbocycles. The SMILES string of the molecule is c1cnc2c(c1)-c1n3c(c[n+]1C2)oc1ccncc13. The Kier molecular flexibility index (Phi) is 1.46. The van der Waals surface area contributed by atoms with Crippen molar-refractivity contribution in [3.05, 3.63) is 48.7 Å². The molecule has 5 heterocycles. The first-order chi connectivity index (χ1) is 9.42. The summed E-state index contributed by atoms with van der Waals surface area (Å²) in [5.41, 5.74) is 4.94. The van der Waals surface area contributed by atoms with Crippen molar-refractivity contribution in [2.75, 3.05) is 0 Å². The smallest absolute Gasteiger partial charge is 0.336 e. The fourth-order valence-electron chi connectivity index (χ4n) is 2.85. The monoisotopic (exact) mass is 249 g/mol. The normalized spacial score (nSPS) is 13.1. The lowest BCUT2D eigenvalue weighted by molar-refractivity contribution is -0.670. The summed E-state index contributed by atoms with van der Waals surface area (Å²) < 4.78 is 10.1. The zero-order valence-electron chi connectivity index (χ0n) is 9.95. The summed E-state index contributed by atoms with van der Waals surface area (Å²) >= 11 is 0. The Morgan fingerprint density at radius 2 is 2.26 bits per heavy atom. The van der Waals surface area contributed by atoms with E-state index in [0.29, 0.717) is 0 Å². The highest BCUT2D eigenvalue weighted by Crippen LogP contribution is 2.30. The number of fused-ring (bicyclic) bond motifs is 7. The number of nitrogens with zero attached hydrogens (tertiary/aromatic N) is 4. The Balaban J connectivity index is 2.00. The van der Waals surface area contributed by atoms with E-state index in [0.717, 1.165) is 40.4 Å². The van der Waals surface area contributed by atoms with Crippen LogP contribution in [0.1, 0.15) is 5.69 Å². The molecule has 4 aromatic rings. The lowest BCUT2D eigenvalue weighted by Crippen LogP contribution is -2.29. The van der Waals surface area contributed by atoms with Crippen molar-refractivity contribution >= 4 is 16.8 Å². The van der Waals surface area contributed by atoms with Gasteiger partial charge in [-0.1, -0.05) is 0 Å². The highest BCUT2D eigenvalue weighted by molar-refractivity contribution is 5.79. The predicted octanol–water partition coefficient (Wildman–Crippen LogP) is 1.79. The van der Waals surface area contributed by atoms with E-state index in [1.165, 1.54) is 0 Å². The quantitative estimate of drug-likeness (QED) is 0.393. The minimum absolute atomic E-state index is 0.796. The summed E-state index contributed by atoms with van der Waals surface area (Å²) in [4.78, 5) is 8.63. The van der Waals surface area contributed by atoms with E-state index < -0.39 is 0 Å². The van der Waals surface area contributed by atoms with E-state index >= 15 is 0 Å². The maximum absolute atomic E-state index is 5.85. The maximum atomic E-state index is 5.85. The highest BCUT2D eigenvalue weighted by atomic mass is 16.3. The van der Waals surface area contributed by atoms with Crippen molar-refractivity contribution in [1.29, 1.82) is 0 Å². The average molecular weight is 249 g/mol. The minimum Gasteiger partial charge on any atom is -0.415 e. The summed E-state index contributed by atoms with van der Waals surface area (Å²) in [7, 11) is 0. The second kappa shape index (κ2) is 3.00. The van der Waals surface area contributed by atoms with Crippen molar-refractivity contribution in [2.45, 2.75) is 6.54 Å². The third-order valence-electron chi connectivity index (χ3n) is 3.64. The van der Waals surface area contributed by atoms with Gasteiger partial charge >= 0.3 is 5.71 Å². The molecule has 0 amide bonds. The number of hydrogen-bond donors (Lipinski definition) is 0. The van der Waals surface area contributed by atoms with Gasteiger partial charge in [-0.15, -0.1) is 0 Å². The van der Waals surface area contributed by atoms with E-state index in [4.69, 9.17) is 4.42 Å². The van der Waals surface area contributed by atoms with E-state index in [2.05, 4.69) is 25.0 Å². The maximum Gasteiger partial charge on any atom is 0.336 e. The fraction of sp³-hybridized carbons (Fsp3) is 0.0714. The van der Waals surface area contributed by atoms with Gasteiger partial charge in [0.05, 0.1) is 17.5 Å². The van der Waals surface area contributed by atoms with Crippen LogP contribution >= 0.6 is 0 Å². The molecule has 5 heteroatoms. The van der Waals surface area contributed by atoms with E-state index in [9.17, 15) is 0 Å². The lowest BCUT2D eigenvalue weighted by Gasteiger charge is -1.91. The number of imidazole rings is 1. The largest absolute Gasteiger partial charge is 0.415 e. The molecule has 1 aliphatic heterocycles. The van der Waals surface area contributed by atoms with Crippen LogP contribution in [0, 0.1) is 0 Å². The van der Waals surface area contributed by atoms with E-state index in [1.807, 2.05) is 30.7 Å². The van der Waals surface area contributed by atoms with E-state index in [-0.39, 0.29) is 0 Å². The van der Waals surface area contributed by atoms with Crippen molar-refractivity contribution in [3.63, 3.8) is 0 Å². The number of rotatable bonds is 0. The van der Waals surface area contributed by atoms with Crippen LogP contribution in [0.25, 0.3) is 28.2 Å². The molecule has 0 bridgehead atoms. The Bertz CT molecular complexity index is 951. The molecular weight excluding hydrogens is 240 g/mol. The predicted molar refractivity (Wildman–Crippen MR) is 67.5 cm³/mol. The van der Waals surface area contributed by atoms with Gasteiger partial charge < -0.3 is 4.42 Å². The van der Waals surface area contributed by atoms with Crippen LogP contribution in [0.5, 0.6) is 0 Å². The Hall–Kier alpha value is -2.69. The zero-order chi connectivity index (χ0) is 12.4. The number of oxazole rings is 1. The third-order valence-corrected chi connectivity index (χ3v) is 3.64. The van der Waals surface area contributed by atoms with Crippen LogP contribution in [0.15, 0.2) is 47.4 Å². The van der Waals surface area contributed by atoms with Gasteiger partial charge in [0.25, 0.3) is 5.82 Å². The molecule has 0 spiro atoms. The first kappa shape index (κ1) is 9.27. The zero-order valence-corrected chi connectivity index (χ0v) is 9.95. The molecule has 0 aliphatic carbocycles. The van der Waals surface area contributed by atoms with Gasteiger partial charge in [-0.2, -0.15) is 4.40 Å². The molecule has 0 unspecified atom stereocenters. The van der Waals surface area contributed by atoms with Crippen molar-refractivity contribution in [1.82, 2.24) is 14.4 Å². The van der Waals surface area contributed by atoms with Gasteiger partial charge in [-0.3, -0.25) is 9.97 Å². The average Bonchev–Trinajstić information content (AvgIpc) is 3.04. The molecule has 0 fully saturated rings. The van der Waals surface area contributed by atoms with Crippen LogP contribution in [0.4, 0.5) is 0 Å². The van der Waals surface area contributed by atoms with Gasteiger partial charge in [0, 0.05) is 18.5 Å². The number of pyridine rings is 2. The molecule has 1 aliphatic rings. The molecule has 90 valence electrons. The van der Waals surface area contributed by atoms with Crippen LogP contribution in [0.2, 0.25) is 0 Å². The number of aromatic nitrogens is 4. The van der Waals surface area contributed by atoms with Gasteiger partial charge in [0.2, 0.25) is 0 Å². The highest BCUT2D eigenvalue weighted by Gasteiger charge is 2.33. The Morgan fingerprint density at radius 1 is 1.26 bits per heavy atom. The first-order valence-electron chi connectivity index (χ1n) is 6.13. The molecule has 0 saturated heterocycles. The summed E-state index contributed by atoms with van der Waals surface area (Å²) in [5, 5.41) is 0. The van der Waals surface area contributed by atoms with Crippen molar-refractivity contribution in [3.8, 4) is 11.4 Å². The summed E-state index contributed by atoms with van der Waals surface area (Å²) in [6.07, 6.45) is 7.44. The van der Waals surface area contributed by atoms with Gasteiger partial charge in [-0.25, -0.2) is 4.57 Å². The second-order valence-corrected chi connectivity index (χ2v) is 4.70. The van der Waals surface area contributed by atoms with Crippen molar-refractivity contribution in [2.24, 2.45) is 0 Å². The van der Waals surface area contributed by atoms with Gasteiger partial charge in [0.1, 0.15) is 6.54 Å². The summed E-state index contributed by atoms with van der Waals surface area (Å²) in [5.74, 6) is 1.12. The van der Waals surface area contributed by atoms with Gasteiger partial charge in [-0.05, 0) is 12.1 Å². The number of hydrogen-bond acceptors (Lipinski definition) is 3. The molecule has 5 nitrogen and oxygen atoms in total. The molecule has 0 atom stereocenters. The molecule has 0 radical (unpaired) electrons. The van der Waals surface area contributed by atoms with Crippen LogP contribution in [-0.4, -0.2) is 14.4 Å². The fourth-order valence-corrected chi connectivity index (χ4v) is 2.85. The van der Waals surface area contributed by atoms with Crippen LogP contribution in [0.3, 0.4) is 0 Å². The summed E-state index contributed by atoms with van der Waals surface area (Å²) in [6.45, 7) is 0.796. The van der Waals surface area contributed by atoms with E-state index in [1.54, 1.807) is 6.20 Å². The Labute approximate surface area is 107 Å². The molecular formula is C14H9N4O+. The molecule has 0 N–H and O–H groups in total. The van der Waals surface area contributed by atoms with Gasteiger partial charge in [0.15, 0.2) is 17.3 Å². The molecule has 5 rings (SSSR count). The second-order valence-electron chi connectivity index (χ2n) is 4.70. The first-order valence-corrected chi connectivity index (χ1v) is 6.13. The minimum atomic E-state index is 0.796. The molecule has 19 heavy (non-hydrogen) atoms. The van der Waals surface area contributed by atoms with Crippen molar-refractivity contribution < 1.29 is 8.98 Å².